The Morgan fingerprint density at radius 2 is 1.82 bits per heavy atom. The molecule has 2 fully saturated rings. The van der Waals surface area contributed by atoms with E-state index in [1.165, 1.54) is 19.4 Å². The Labute approximate surface area is 178 Å². The first-order valence-corrected chi connectivity index (χ1v) is 11.0. The number of rotatable bonds is 6. The summed E-state index contributed by atoms with van der Waals surface area (Å²) in [5, 5.41) is 3.93. The van der Waals surface area contributed by atoms with Crippen molar-refractivity contribution in [2.75, 3.05) is 44.6 Å². The predicted octanol–water partition coefficient (Wildman–Crippen LogP) is 4.14. The number of halogens is 2. The number of hydrogen-bond donors (Lipinski definition) is 1. The molecule has 2 aliphatic heterocycles. The second-order valence-electron chi connectivity index (χ2n) is 8.18. The minimum Gasteiger partial charge on any atom is -0.373 e. The Bertz CT molecular complexity index is 655. The number of hydrogen-bond acceptors (Lipinski definition) is 4. The zero-order chi connectivity index (χ0) is 20.1. The molecule has 3 rings (SSSR count). The van der Waals surface area contributed by atoms with E-state index in [1.54, 1.807) is 18.2 Å². The van der Waals surface area contributed by atoms with Crippen LogP contribution in [0.4, 0.5) is 5.69 Å². The maximum atomic E-state index is 12.2. The number of piperidine rings is 1. The standard InChI is InChI=1S/C21H31Cl2N3O2/c1-15-12-26(13-16(2)28-15)14-17-5-8-25(9-6-17)10-7-21(27)24-20-11-18(22)3-4-19(20)23/h3-4,11,15-17H,5-10,12-14H2,1-2H3,(H,24,27). The first-order valence-electron chi connectivity index (χ1n) is 10.2. The number of benzene rings is 1. The van der Waals surface area contributed by atoms with Crippen LogP contribution in [0.2, 0.25) is 10.0 Å². The fourth-order valence-electron chi connectivity index (χ4n) is 4.26. The lowest BCUT2D eigenvalue weighted by molar-refractivity contribution is -0.116. The molecule has 2 saturated heterocycles. The topological polar surface area (TPSA) is 44.8 Å². The number of ether oxygens (including phenoxy) is 1. The first kappa shape index (κ1) is 21.8. The summed E-state index contributed by atoms with van der Waals surface area (Å²) < 4.78 is 5.83. The van der Waals surface area contributed by atoms with Gasteiger partial charge < -0.3 is 15.0 Å². The Kier molecular flexibility index (Phi) is 8.01. The van der Waals surface area contributed by atoms with Crippen molar-refractivity contribution in [3.63, 3.8) is 0 Å². The van der Waals surface area contributed by atoms with Crippen molar-refractivity contribution in [1.82, 2.24) is 9.80 Å². The van der Waals surface area contributed by atoms with Crippen molar-refractivity contribution in [3.8, 4) is 0 Å². The lowest BCUT2D eigenvalue weighted by Gasteiger charge is -2.39. The van der Waals surface area contributed by atoms with E-state index < -0.39 is 0 Å². The largest absolute Gasteiger partial charge is 0.373 e. The molecule has 1 amide bonds. The molecule has 28 heavy (non-hydrogen) atoms. The molecule has 2 aliphatic rings. The predicted molar refractivity (Wildman–Crippen MR) is 115 cm³/mol. The number of carbonyl (C=O) groups is 1. The fourth-order valence-corrected chi connectivity index (χ4v) is 4.59. The third-order valence-electron chi connectivity index (χ3n) is 5.58. The molecular weight excluding hydrogens is 397 g/mol. The molecule has 5 nitrogen and oxygen atoms in total. The third kappa shape index (κ3) is 6.60. The van der Waals surface area contributed by atoms with E-state index >= 15 is 0 Å². The second kappa shape index (κ2) is 10.3. The van der Waals surface area contributed by atoms with Crippen molar-refractivity contribution in [2.24, 2.45) is 5.92 Å². The molecule has 1 aromatic carbocycles. The van der Waals surface area contributed by atoms with Crippen LogP contribution in [-0.4, -0.2) is 67.2 Å². The van der Waals surface area contributed by atoms with Crippen LogP contribution in [0.25, 0.3) is 0 Å². The average molecular weight is 428 g/mol. The van der Waals surface area contributed by atoms with Gasteiger partial charge in [0.05, 0.1) is 22.9 Å². The Morgan fingerprint density at radius 3 is 2.50 bits per heavy atom. The van der Waals surface area contributed by atoms with Crippen molar-refractivity contribution in [3.05, 3.63) is 28.2 Å². The number of morpholine rings is 1. The number of likely N-dealkylation sites (tertiary alicyclic amines) is 1. The lowest BCUT2D eigenvalue weighted by Crippen LogP contribution is -2.48. The lowest BCUT2D eigenvalue weighted by atomic mass is 9.95. The van der Waals surface area contributed by atoms with Crippen LogP contribution in [-0.2, 0) is 9.53 Å². The van der Waals surface area contributed by atoms with Gasteiger partial charge in [0.1, 0.15) is 0 Å². The molecule has 2 unspecified atom stereocenters. The highest BCUT2D eigenvalue weighted by atomic mass is 35.5. The molecular formula is C21H31Cl2N3O2. The number of anilines is 1. The molecule has 0 spiro atoms. The molecule has 7 heteroatoms. The number of carbonyl (C=O) groups excluding carboxylic acids is 1. The smallest absolute Gasteiger partial charge is 0.225 e. The van der Waals surface area contributed by atoms with Crippen molar-refractivity contribution >= 4 is 34.8 Å². The SMILES string of the molecule is CC1CN(CC2CCN(CCC(=O)Nc3cc(Cl)ccc3Cl)CC2)CC(C)O1. The van der Waals surface area contributed by atoms with Crippen LogP contribution in [0.5, 0.6) is 0 Å². The van der Waals surface area contributed by atoms with Gasteiger partial charge in [-0.2, -0.15) is 0 Å². The van der Waals surface area contributed by atoms with E-state index in [9.17, 15) is 4.79 Å². The Balaban J connectivity index is 1.36. The normalized spacial score (nSPS) is 25.0. The number of amides is 1. The summed E-state index contributed by atoms with van der Waals surface area (Å²) in [6.45, 7) is 10.5. The van der Waals surface area contributed by atoms with Crippen LogP contribution in [0.15, 0.2) is 18.2 Å². The van der Waals surface area contributed by atoms with Gasteiger partial charge in [-0.05, 0) is 63.9 Å². The molecule has 1 N–H and O–H groups in total. The van der Waals surface area contributed by atoms with E-state index in [0.29, 0.717) is 34.4 Å². The zero-order valence-corrected chi connectivity index (χ0v) is 18.3. The molecule has 156 valence electrons. The van der Waals surface area contributed by atoms with E-state index in [-0.39, 0.29) is 5.91 Å². The number of nitrogens with one attached hydrogen (secondary N) is 1. The van der Waals surface area contributed by atoms with Gasteiger partial charge in [0.25, 0.3) is 0 Å². The van der Waals surface area contributed by atoms with Crippen LogP contribution in [0, 0.1) is 5.92 Å². The summed E-state index contributed by atoms with van der Waals surface area (Å²) in [4.78, 5) is 17.2. The maximum absolute atomic E-state index is 12.2. The minimum absolute atomic E-state index is 0.0254. The van der Waals surface area contributed by atoms with Gasteiger partial charge in [-0.3, -0.25) is 9.69 Å². The average Bonchev–Trinajstić information content (AvgIpc) is 2.63. The summed E-state index contributed by atoms with van der Waals surface area (Å²) >= 11 is 12.1. The third-order valence-corrected chi connectivity index (χ3v) is 6.14. The zero-order valence-electron chi connectivity index (χ0n) is 16.8. The molecule has 0 bridgehead atoms. The van der Waals surface area contributed by atoms with Gasteiger partial charge in [-0.1, -0.05) is 23.2 Å². The maximum Gasteiger partial charge on any atom is 0.225 e. The first-order chi connectivity index (χ1) is 13.4. The van der Waals surface area contributed by atoms with Crippen LogP contribution < -0.4 is 5.32 Å². The molecule has 0 radical (unpaired) electrons. The Hall–Kier alpha value is -0.850. The van der Waals surface area contributed by atoms with E-state index in [4.69, 9.17) is 27.9 Å². The van der Waals surface area contributed by atoms with E-state index in [2.05, 4.69) is 29.0 Å². The molecule has 0 aromatic heterocycles. The van der Waals surface area contributed by atoms with Gasteiger partial charge >= 0.3 is 0 Å². The summed E-state index contributed by atoms with van der Waals surface area (Å²) in [7, 11) is 0. The molecule has 2 heterocycles. The van der Waals surface area contributed by atoms with Crippen molar-refractivity contribution in [1.29, 1.82) is 0 Å². The summed E-state index contributed by atoms with van der Waals surface area (Å²) in [5.74, 6) is 0.718. The van der Waals surface area contributed by atoms with E-state index in [0.717, 1.165) is 38.6 Å². The monoisotopic (exact) mass is 427 g/mol. The van der Waals surface area contributed by atoms with E-state index in [1.807, 2.05) is 0 Å². The van der Waals surface area contributed by atoms with Crippen LogP contribution in [0.1, 0.15) is 33.1 Å². The van der Waals surface area contributed by atoms with Gasteiger partial charge in [0.15, 0.2) is 0 Å². The fraction of sp³-hybridized carbons (Fsp3) is 0.667. The molecule has 2 atom stereocenters. The molecule has 0 aliphatic carbocycles. The highest BCUT2D eigenvalue weighted by Gasteiger charge is 2.26. The number of nitrogens with zero attached hydrogens (tertiary/aromatic N) is 2. The van der Waals surface area contributed by atoms with Crippen molar-refractivity contribution in [2.45, 2.75) is 45.3 Å². The highest BCUT2D eigenvalue weighted by molar-refractivity contribution is 6.35. The molecule has 0 saturated carbocycles. The molecule has 1 aromatic rings. The quantitative estimate of drug-likeness (QED) is 0.740. The van der Waals surface area contributed by atoms with Crippen LogP contribution in [0.3, 0.4) is 0 Å². The Morgan fingerprint density at radius 1 is 1.14 bits per heavy atom. The van der Waals surface area contributed by atoms with Crippen molar-refractivity contribution < 1.29 is 9.53 Å². The summed E-state index contributed by atoms with van der Waals surface area (Å²) in [6, 6.07) is 5.09. The second-order valence-corrected chi connectivity index (χ2v) is 9.03. The highest BCUT2D eigenvalue weighted by Crippen LogP contribution is 2.26. The van der Waals surface area contributed by atoms with Crippen LogP contribution >= 0.6 is 23.2 Å². The van der Waals surface area contributed by atoms with Gasteiger partial charge in [0.2, 0.25) is 5.91 Å². The summed E-state index contributed by atoms with van der Waals surface area (Å²) in [5.41, 5.74) is 0.576. The van der Waals surface area contributed by atoms with Gasteiger partial charge in [-0.25, -0.2) is 0 Å². The summed E-state index contributed by atoms with van der Waals surface area (Å²) in [6.07, 6.45) is 3.51. The minimum atomic E-state index is -0.0254. The van der Waals surface area contributed by atoms with Gasteiger partial charge in [-0.15, -0.1) is 0 Å². The van der Waals surface area contributed by atoms with Gasteiger partial charge in [0, 0.05) is 37.6 Å².